The van der Waals surface area contributed by atoms with E-state index in [0.717, 1.165) is 25.4 Å². The molecule has 0 saturated carbocycles. The van der Waals surface area contributed by atoms with Crippen molar-refractivity contribution in [3.63, 3.8) is 0 Å². The van der Waals surface area contributed by atoms with E-state index in [1.54, 1.807) is 0 Å². The number of hydrogen-bond acceptors (Lipinski definition) is 1. The molecule has 1 N–H and O–H groups in total. The molecule has 17 heavy (non-hydrogen) atoms. The van der Waals surface area contributed by atoms with Gasteiger partial charge in [-0.05, 0) is 29.9 Å². The van der Waals surface area contributed by atoms with Crippen molar-refractivity contribution >= 4 is 27.5 Å². The van der Waals surface area contributed by atoms with Crippen molar-refractivity contribution in [3.8, 4) is 0 Å². The molecule has 96 valence electrons. The maximum Gasteiger partial charge on any atom is 0.0223 e. The Bertz CT molecular complexity index is 339. The predicted octanol–water partition coefficient (Wildman–Crippen LogP) is 4.58. The van der Waals surface area contributed by atoms with Crippen molar-refractivity contribution in [2.45, 2.75) is 33.2 Å². The van der Waals surface area contributed by atoms with Crippen LogP contribution in [-0.2, 0) is 6.54 Å². The number of hydrogen-bond donors (Lipinski definition) is 1. The normalized spacial score (nSPS) is 11.8. The summed E-state index contributed by atoms with van der Waals surface area (Å²) >= 11 is 9.29. The molecule has 1 aromatic carbocycles. The lowest BCUT2D eigenvalue weighted by Gasteiger charge is -2.24. The van der Waals surface area contributed by atoms with Crippen LogP contribution in [0, 0.1) is 5.41 Å². The summed E-state index contributed by atoms with van der Waals surface area (Å²) in [5.74, 6) is 0.758. The van der Waals surface area contributed by atoms with E-state index in [1.165, 1.54) is 16.5 Å². The molecule has 0 unspecified atom stereocenters. The topological polar surface area (TPSA) is 12.0 Å². The van der Waals surface area contributed by atoms with E-state index in [4.69, 9.17) is 11.6 Å². The molecule has 0 atom stereocenters. The van der Waals surface area contributed by atoms with Crippen LogP contribution in [0.25, 0.3) is 0 Å². The van der Waals surface area contributed by atoms with Gasteiger partial charge in [0.15, 0.2) is 0 Å². The Kier molecular flexibility index (Phi) is 6.53. The van der Waals surface area contributed by atoms with Gasteiger partial charge in [-0.25, -0.2) is 0 Å². The Balaban J connectivity index is 2.35. The van der Waals surface area contributed by atoms with Crippen molar-refractivity contribution in [1.82, 2.24) is 5.32 Å². The van der Waals surface area contributed by atoms with E-state index < -0.39 is 0 Å². The SMILES string of the molecule is CC(C)(CCCCl)CNCc1ccccc1Br. The van der Waals surface area contributed by atoms with Gasteiger partial charge >= 0.3 is 0 Å². The maximum atomic E-state index is 5.73. The second-order valence-electron chi connectivity index (χ2n) is 5.15. The first-order valence-corrected chi connectivity index (χ1v) is 7.38. The van der Waals surface area contributed by atoms with Gasteiger partial charge in [0.05, 0.1) is 0 Å². The Hall–Kier alpha value is -0.0500. The van der Waals surface area contributed by atoms with Gasteiger partial charge in [0.25, 0.3) is 0 Å². The number of nitrogens with one attached hydrogen (secondary N) is 1. The summed E-state index contributed by atoms with van der Waals surface area (Å²) in [4.78, 5) is 0. The van der Waals surface area contributed by atoms with Crippen LogP contribution in [0.15, 0.2) is 28.7 Å². The predicted molar refractivity (Wildman–Crippen MR) is 79.6 cm³/mol. The van der Waals surface area contributed by atoms with Gasteiger partial charge in [0.2, 0.25) is 0 Å². The Labute approximate surface area is 118 Å². The van der Waals surface area contributed by atoms with Crippen LogP contribution in [0.4, 0.5) is 0 Å². The van der Waals surface area contributed by atoms with Gasteiger partial charge in [0, 0.05) is 23.4 Å². The zero-order valence-corrected chi connectivity index (χ0v) is 12.9. The summed E-state index contributed by atoms with van der Waals surface area (Å²) < 4.78 is 1.17. The van der Waals surface area contributed by atoms with Crippen molar-refractivity contribution in [1.29, 1.82) is 0 Å². The highest BCUT2D eigenvalue weighted by molar-refractivity contribution is 9.10. The van der Waals surface area contributed by atoms with Gasteiger partial charge in [-0.15, -0.1) is 11.6 Å². The number of halogens is 2. The zero-order valence-electron chi connectivity index (χ0n) is 10.6. The average Bonchev–Trinajstić information content (AvgIpc) is 2.29. The third-order valence-corrected chi connectivity index (χ3v) is 3.90. The van der Waals surface area contributed by atoms with Crippen LogP contribution in [0.5, 0.6) is 0 Å². The average molecular weight is 319 g/mol. The summed E-state index contributed by atoms with van der Waals surface area (Å²) in [6.45, 7) is 6.50. The van der Waals surface area contributed by atoms with Gasteiger partial charge in [-0.3, -0.25) is 0 Å². The van der Waals surface area contributed by atoms with E-state index in [0.29, 0.717) is 5.41 Å². The molecule has 0 bridgehead atoms. The van der Waals surface area contributed by atoms with E-state index in [9.17, 15) is 0 Å². The van der Waals surface area contributed by atoms with Gasteiger partial charge in [0.1, 0.15) is 0 Å². The largest absolute Gasteiger partial charge is 0.312 e. The fourth-order valence-corrected chi connectivity index (χ4v) is 2.37. The van der Waals surface area contributed by atoms with E-state index in [1.807, 2.05) is 6.07 Å². The lowest BCUT2D eigenvalue weighted by atomic mass is 9.88. The maximum absolute atomic E-state index is 5.73. The fraction of sp³-hybridized carbons (Fsp3) is 0.571. The first kappa shape index (κ1) is 15.0. The first-order valence-electron chi connectivity index (χ1n) is 6.05. The van der Waals surface area contributed by atoms with Crippen molar-refractivity contribution in [2.75, 3.05) is 12.4 Å². The number of benzene rings is 1. The summed E-state index contributed by atoms with van der Waals surface area (Å²) in [5, 5.41) is 3.52. The molecule has 0 radical (unpaired) electrons. The highest BCUT2D eigenvalue weighted by Crippen LogP contribution is 2.22. The van der Waals surface area contributed by atoms with E-state index >= 15 is 0 Å². The van der Waals surface area contributed by atoms with Crippen molar-refractivity contribution < 1.29 is 0 Å². The quantitative estimate of drug-likeness (QED) is 0.725. The van der Waals surface area contributed by atoms with Crippen LogP contribution in [0.3, 0.4) is 0 Å². The lowest BCUT2D eigenvalue weighted by molar-refractivity contribution is 0.311. The smallest absolute Gasteiger partial charge is 0.0223 e. The van der Waals surface area contributed by atoms with Crippen LogP contribution in [0.2, 0.25) is 0 Å². The van der Waals surface area contributed by atoms with Crippen LogP contribution < -0.4 is 5.32 Å². The van der Waals surface area contributed by atoms with Gasteiger partial charge in [-0.1, -0.05) is 48.0 Å². The Morgan fingerprint density at radius 3 is 2.65 bits per heavy atom. The molecule has 0 fully saturated rings. The summed E-state index contributed by atoms with van der Waals surface area (Å²) in [6.07, 6.45) is 2.25. The molecule has 0 spiro atoms. The van der Waals surface area contributed by atoms with Gasteiger partial charge in [-0.2, -0.15) is 0 Å². The number of rotatable bonds is 7. The highest BCUT2D eigenvalue weighted by atomic mass is 79.9. The van der Waals surface area contributed by atoms with Gasteiger partial charge < -0.3 is 5.32 Å². The highest BCUT2D eigenvalue weighted by Gasteiger charge is 2.16. The second-order valence-corrected chi connectivity index (χ2v) is 6.38. The molecule has 1 rings (SSSR count). The molecule has 0 aliphatic carbocycles. The summed E-state index contributed by atoms with van der Waals surface area (Å²) in [5.41, 5.74) is 1.62. The molecule has 1 aromatic rings. The molecule has 1 nitrogen and oxygen atoms in total. The van der Waals surface area contributed by atoms with Crippen molar-refractivity contribution in [2.24, 2.45) is 5.41 Å². The molecular weight excluding hydrogens is 298 g/mol. The fourth-order valence-electron chi connectivity index (χ4n) is 1.81. The van der Waals surface area contributed by atoms with Crippen LogP contribution >= 0.6 is 27.5 Å². The van der Waals surface area contributed by atoms with E-state index in [2.05, 4.69) is 53.3 Å². The monoisotopic (exact) mass is 317 g/mol. The molecule has 0 aliphatic heterocycles. The standard InChI is InChI=1S/C14H21BrClN/c1-14(2,8-5-9-16)11-17-10-12-6-3-4-7-13(12)15/h3-4,6-7,17H,5,8-11H2,1-2H3. The second kappa shape index (κ2) is 7.40. The van der Waals surface area contributed by atoms with Crippen LogP contribution in [0.1, 0.15) is 32.3 Å². The minimum Gasteiger partial charge on any atom is -0.312 e. The lowest BCUT2D eigenvalue weighted by Crippen LogP contribution is -2.29. The molecule has 0 heterocycles. The van der Waals surface area contributed by atoms with Crippen LogP contribution in [-0.4, -0.2) is 12.4 Å². The Morgan fingerprint density at radius 1 is 1.29 bits per heavy atom. The minimum atomic E-state index is 0.316. The summed E-state index contributed by atoms with van der Waals surface area (Å²) in [6, 6.07) is 8.33. The molecule has 0 aromatic heterocycles. The van der Waals surface area contributed by atoms with Crippen molar-refractivity contribution in [3.05, 3.63) is 34.3 Å². The molecular formula is C14H21BrClN. The first-order chi connectivity index (χ1) is 8.05. The molecule has 0 amide bonds. The third kappa shape index (κ3) is 5.89. The minimum absolute atomic E-state index is 0.316. The summed E-state index contributed by atoms with van der Waals surface area (Å²) in [7, 11) is 0. The third-order valence-electron chi connectivity index (χ3n) is 2.86. The molecule has 3 heteroatoms. The number of alkyl halides is 1. The van der Waals surface area contributed by atoms with E-state index in [-0.39, 0.29) is 0 Å². The molecule has 0 saturated heterocycles. The Morgan fingerprint density at radius 2 is 2.00 bits per heavy atom. The zero-order chi connectivity index (χ0) is 12.7. The molecule has 0 aliphatic rings.